The lowest BCUT2D eigenvalue weighted by atomic mass is 10.1. The summed E-state index contributed by atoms with van der Waals surface area (Å²) >= 11 is 15.2. The predicted octanol–water partition coefficient (Wildman–Crippen LogP) is 5.22. The van der Waals surface area contributed by atoms with Crippen molar-refractivity contribution in [2.75, 3.05) is 0 Å². The van der Waals surface area contributed by atoms with E-state index in [2.05, 4.69) is 15.9 Å². The number of benzene rings is 2. The van der Waals surface area contributed by atoms with E-state index >= 15 is 0 Å². The quantitative estimate of drug-likeness (QED) is 0.501. The van der Waals surface area contributed by atoms with Gasteiger partial charge in [-0.15, -0.1) is 0 Å². The Labute approximate surface area is 139 Å². The standard InChI is InChI=1S/C16H7BrCl2O2/c17-12-4-2-1-3-8(12)5-11-15(20)9-6-13(18)14(19)7-10(9)16(11)21/h1-7H. The van der Waals surface area contributed by atoms with Gasteiger partial charge in [0, 0.05) is 15.6 Å². The molecule has 2 aromatic rings. The Morgan fingerprint density at radius 2 is 1.43 bits per heavy atom. The Bertz CT molecular complexity index is 782. The Hall–Kier alpha value is -1.42. The first-order valence-corrected chi connectivity index (χ1v) is 7.58. The van der Waals surface area contributed by atoms with Crippen LogP contribution in [0.2, 0.25) is 10.0 Å². The zero-order chi connectivity index (χ0) is 15.1. The van der Waals surface area contributed by atoms with Gasteiger partial charge in [-0.25, -0.2) is 0 Å². The first-order chi connectivity index (χ1) is 9.99. The van der Waals surface area contributed by atoms with Crippen LogP contribution >= 0.6 is 39.1 Å². The number of rotatable bonds is 1. The van der Waals surface area contributed by atoms with Crippen LogP contribution < -0.4 is 0 Å². The fourth-order valence-corrected chi connectivity index (χ4v) is 2.92. The second kappa shape index (κ2) is 5.41. The van der Waals surface area contributed by atoms with Gasteiger partial charge in [-0.05, 0) is 29.8 Å². The molecular weight excluding hydrogens is 375 g/mol. The first-order valence-electron chi connectivity index (χ1n) is 6.03. The first kappa shape index (κ1) is 14.5. The van der Waals surface area contributed by atoms with Gasteiger partial charge in [-0.3, -0.25) is 9.59 Å². The van der Waals surface area contributed by atoms with Crippen molar-refractivity contribution < 1.29 is 9.59 Å². The van der Waals surface area contributed by atoms with Crippen LogP contribution in [0.1, 0.15) is 26.3 Å². The average molecular weight is 382 g/mol. The number of ketones is 2. The molecule has 0 amide bonds. The van der Waals surface area contributed by atoms with Crippen LogP contribution in [0.15, 0.2) is 46.4 Å². The summed E-state index contributed by atoms with van der Waals surface area (Å²) in [6.45, 7) is 0. The van der Waals surface area contributed by atoms with Crippen LogP contribution in [-0.4, -0.2) is 11.6 Å². The smallest absolute Gasteiger partial charge is 0.197 e. The van der Waals surface area contributed by atoms with Gasteiger partial charge >= 0.3 is 0 Å². The maximum Gasteiger partial charge on any atom is 0.197 e. The fourth-order valence-electron chi connectivity index (χ4n) is 2.19. The van der Waals surface area contributed by atoms with Crippen molar-refractivity contribution in [2.45, 2.75) is 0 Å². The van der Waals surface area contributed by atoms with E-state index in [4.69, 9.17) is 23.2 Å². The van der Waals surface area contributed by atoms with Gasteiger partial charge in [0.25, 0.3) is 0 Å². The summed E-state index contributed by atoms with van der Waals surface area (Å²) in [4.78, 5) is 24.8. The Morgan fingerprint density at radius 1 is 0.905 bits per heavy atom. The van der Waals surface area contributed by atoms with Crippen LogP contribution in [0, 0.1) is 0 Å². The highest BCUT2D eigenvalue weighted by atomic mass is 79.9. The van der Waals surface area contributed by atoms with Crippen LogP contribution in [0.3, 0.4) is 0 Å². The zero-order valence-corrected chi connectivity index (χ0v) is 13.6. The topological polar surface area (TPSA) is 34.1 Å². The molecule has 104 valence electrons. The summed E-state index contributed by atoms with van der Waals surface area (Å²) in [6, 6.07) is 10.2. The second-order valence-corrected chi connectivity index (χ2v) is 6.22. The van der Waals surface area contributed by atoms with Crippen molar-refractivity contribution in [1.29, 1.82) is 0 Å². The van der Waals surface area contributed by atoms with Crippen molar-refractivity contribution in [3.8, 4) is 0 Å². The maximum absolute atomic E-state index is 12.4. The van der Waals surface area contributed by atoms with E-state index in [0.29, 0.717) is 11.1 Å². The molecule has 0 saturated heterocycles. The lowest BCUT2D eigenvalue weighted by Crippen LogP contribution is -2.00. The van der Waals surface area contributed by atoms with Crippen molar-refractivity contribution in [1.82, 2.24) is 0 Å². The molecule has 21 heavy (non-hydrogen) atoms. The van der Waals surface area contributed by atoms with Gasteiger partial charge in [-0.1, -0.05) is 57.3 Å². The number of fused-ring (bicyclic) bond motifs is 1. The minimum atomic E-state index is -0.329. The number of carbonyl (C=O) groups excluding carboxylic acids is 2. The zero-order valence-electron chi connectivity index (χ0n) is 10.5. The molecule has 0 spiro atoms. The molecule has 0 unspecified atom stereocenters. The largest absolute Gasteiger partial charge is 0.288 e. The van der Waals surface area contributed by atoms with E-state index in [0.717, 1.165) is 10.0 Å². The molecule has 1 aliphatic carbocycles. The molecule has 0 heterocycles. The van der Waals surface area contributed by atoms with Crippen molar-refractivity contribution in [3.63, 3.8) is 0 Å². The van der Waals surface area contributed by atoms with E-state index in [1.807, 2.05) is 24.3 Å². The highest BCUT2D eigenvalue weighted by Crippen LogP contribution is 2.34. The number of Topliss-reactive ketones (excluding diaryl/α,β-unsaturated/α-hetero) is 2. The van der Waals surface area contributed by atoms with E-state index in [1.165, 1.54) is 12.1 Å². The molecule has 0 atom stereocenters. The normalized spacial score (nSPS) is 13.6. The van der Waals surface area contributed by atoms with Crippen LogP contribution in [0.4, 0.5) is 0 Å². The highest BCUT2D eigenvalue weighted by Gasteiger charge is 2.34. The van der Waals surface area contributed by atoms with Crippen molar-refractivity contribution in [2.24, 2.45) is 0 Å². The Morgan fingerprint density at radius 3 is 1.95 bits per heavy atom. The maximum atomic E-state index is 12.4. The minimum Gasteiger partial charge on any atom is -0.288 e. The summed E-state index contributed by atoms with van der Waals surface area (Å²) in [6.07, 6.45) is 1.58. The van der Waals surface area contributed by atoms with E-state index in [9.17, 15) is 9.59 Å². The molecule has 0 radical (unpaired) electrons. The molecule has 3 rings (SSSR count). The number of halogens is 3. The summed E-state index contributed by atoms with van der Waals surface area (Å²) in [5.74, 6) is -0.659. The predicted molar refractivity (Wildman–Crippen MR) is 87.2 cm³/mol. The summed E-state index contributed by atoms with van der Waals surface area (Å²) in [5, 5.41) is 0.525. The monoisotopic (exact) mass is 380 g/mol. The van der Waals surface area contributed by atoms with Crippen LogP contribution in [0.25, 0.3) is 6.08 Å². The molecule has 2 nitrogen and oxygen atoms in total. The number of carbonyl (C=O) groups is 2. The van der Waals surface area contributed by atoms with Crippen LogP contribution in [-0.2, 0) is 0 Å². The molecule has 5 heteroatoms. The van der Waals surface area contributed by atoms with Gasteiger partial charge in [0.2, 0.25) is 0 Å². The van der Waals surface area contributed by atoms with Crippen molar-refractivity contribution >= 4 is 56.8 Å². The molecule has 1 aliphatic rings. The van der Waals surface area contributed by atoms with Gasteiger partial charge in [-0.2, -0.15) is 0 Å². The molecule has 0 aliphatic heterocycles. The van der Waals surface area contributed by atoms with Crippen molar-refractivity contribution in [3.05, 3.63) is 73.2 Å². The molecule has 2 aromatic carbocycles. The molecule has 0 N–H and O–H groups in total. The summed E-state index contributed by atoms with van der Waals surface area (Å²) < 4.78 is 0.810. The molecular formula is C16H7BrCl2O2. The second-order valence-electron chi connectivity index (χ2n) is 4.55. The fraction of sp³-hybridized carbons (Fsp3) is 0. The van der Waals surface area contributed by atoms with E-state index in [-0.39, 0.29) is 27.2 Å². The molecule has 0 aromatic heterocycles. The third-order valence-corrected chi connectivity index (χ3v) is 4.69. The number of hydrogen-bond acceptors (Lipinski definition) is 2. The third kappa shape index (κ3) is 2.46. The summed E-state index contributed by atoms with van der Waals surface area (Å²) in [5.41, 5.74) is 1.48. The number of allylic oxidation sites excluding steroid dienone is 1. The lowest BCUT2D eigenvalue weighted by molar-refractivity contribution is 0.0990. The molecule has 0 fully saturated rings. The lowest BCUT2D eigenvalue weighted by Gasteiger charge is -1.98. The Kier molecular flexibility index (Phi) is 3.74. The summed E-state index contributed by atoms with van der Waals surface area (Å²) in [7, 11) is 0. The highest BCUT2D eigenvalue weighted by molar-refractivity contribution is 9.10. The van der Waals surface area contributed by atoms with Crippen LogP contribution in [0.5, 0.6) is 0 Å². The SMILES string of the molecule is O=C1C(=Cc2ccccc2Br)C(=O)c2cc(Cl)c(Cl)cc21. The Balaban J connectivity index is 2.14. The van der Waals surface area contributed by atoms with Gasteiger partial charge in [0.05, 0.1) is 15.6 Å². The van der Waals surface area contributed by atoms with Gasteiger partial charge < -0.3 is 0 Å². The molecule has 0 saturated carbocycles. The van der Waals surface area contributed by atoms with E-state index < -0.39 is 0 Å². The van der Waals surface area contributed by atoms with E-state index in [1.54, 1.807) is 6.08 Å². The number of hydrogen-bond donors (Lipinski definition) is 0. The van der Waals surface area contributed by atoms with Gasteiger partial charge in [0.15, 0.2) is 11.6 Å². The third-order valence-electron chi connectivity index (χ3n) is 3.24. The van der Waals surface area contributed by atoms with Gasteiger partial charge in [0.1, 0.15) is 0 Å². The minimum absolute atomic E-state index is 0.121. The average Bonchev–Trinajstić information content (AvgIpc) is 2.67. The molecule has 0 bridgehead atoms.